The number of benzene rings is 1. The van der Waals surface area contributed by atoms with E-state index in [0.29, 0.717) is 17.9 Å². The molecule has 20 heavy (non-hydrogen) atoms. The summed E-state index contributed by atoms with van der Waals surface area (Å²) in [5.74, 6) is 0.624. The standard InChI is InChI=1S/C15H23NO4/c1-10(17)8-11-6-7-12(9-13(11)19-5)16-14(18)20-15(2,3)4/h6-7,9-10,17H,8H2,1-5H3,(H,16,18). The summed E-state index contributed by atoms with van der Waals surface area (Å²) in [6, 6.07) is 5.28. The van der Waals surface area contributed by atoms with Crippen molar-refractivity contribution in [3.8, 4) is 5.75 Å². The number of aliphatic hydroxyl groups is 1. The highest BCUT2D eigenvalue weighted by Crippen LogP contribution is 2.25. The maximum Gasteiger partial charge on any atom is 0.412 e. The van der Waals surface area contributed by atoms with Crippen LogP contribution in [-0.2, 0) is 11.2 Å². The van der Waals surface area contributed by atoms with E-state index in [0.717, 1.165) is 5.56 Å². The van der Waals surface area contributed by atoms with Crippen molar-refractivity contribution in [3.05, 3.63) is 23.8 Å². The molecule has 0 spiro atoms. The summed E-state index contributed by atoms with van der Waals surface area (Å²) in [5.41, 5.74) is 0.933. The average Bonchev–Trinajstić information content (AvgIpc) is 2.27. The summed E-state index contributed by atoms with van der Waals surface area (Å²) in [4.78, 5) is 11.7. The number of methoxy groups -OCH3 is 1. The van der Waals surface area contributed by atoms with Gasteiger partial charge in [0.2, 0.25) is 0 Å². The van der Waals surface area contributed by atoms with Crippen molar-refractivity contribution in [2.45, 2.75) is 45.8 Å². The smallest absolute Gasteiger partial charge is 0.412 e. The molecule has 0 bridgehead atoms. The summed E-state index contributed by atoms with van der Waals surface area (Å²) in [5, 5.41) is 12.1. The zero-order valence-corrected chi connectivity index (χ0v) is 12.7. The third-order valence-electron chi connectivity index (χ3n) is 2.45. The highest BCUT2D eigenvalue weighted by Gasteiger charge is 2.16. The van der Waals surface area contributed by atoms with Crippen LogP contribution < -0.4 is 10.1 Å². The topological polar surface area (TPSA) is 67.8 Å². The van der Waals surface area contributed by atoms with Gasteiger partial charge < -0.3 is 14.6 Å². The predicted octanol–water partition coefficient (Wildman–Crippen LogP) is 2.97. The molecule has 2 N–H and O–H groups in total. The number of nitrogens with one attached hydrogen (secondary N) is 1. The van der Waals surface area contributed by atoms with Crippen molar-refractivity contribution >= 4 is 11.8 Å². The number of amides is 1. The van der Waals surface area contributed by atoms with E-state index in [1.807, 2.05) is 6.07 Å². The third-order valence-corrected chi connectivity index (χ3v) is 2.45. The van der Waals surface area contributed by atoms with Crippen LogP contribution in [0.4, 0.5) is 10.5 Å². The largest absolute Gasteiger partial charge is 0.496 e. The number of hydrogen-bond acceptors (Lipinski definition) is 4. The minimum Gasteiger partial charge on any atom is -0.496 e. The molecule has 1 aromatic rings. The SMILES string of the molecule is COc1cc(NC(=O)OC(C)(C)C)ccc1CC(C)O. The van der Waals surface area contributed by atoms with Crippen molar-refractivity contribution < 1.29 is 19.4 Å². The molecule has 0 aliphatic carbocycles. The number of hydrogen-bond donors (Lipinski definition) is 2. The lowest BCUT2D eigenvalue weighted by atomic mass is 10.1. The van der Waals surface area contributed by atoms with Gasteiger partial charge in [-0.15, -0.1) is 0 Å². The molecule has 0 aliphatic heterocycles. The van der Waals surface area contributed by atoms with Gasteiger partial charge in [-0.25, -0.2) is 4.79 Å². The zero-order valence-electron chi connectivity index (χ0n) is 12.7. The highest BCUT2D eigenvalue weighted by atomic mass is 16.6. The fraction of sp³-hybridized carbons (Fsp3) is 0.533. The molecule has 5 heteroatoms. The summed E-state index contributed by atoms with van der Waals surface area (Å²) in [6.45, 7) is 7.13. The van der Waals surface area contributed by atoms with Gasteiger partial charge in [-0.2, -0.15) is 0 Å². The average molecular weight is 281 g/mol. The number of anilines is 1. The Kier molecular flexibility index (Phi) is 5.39. The van der Waals surface area contributed by atoms with Crippen LogP contribution in [-0.4, -0.2) is 30.0 Å². The minimum absolute atomic E-state index is 0.450. The molecule has 0 aliphatic rings. The lowest BCUT2D eigenvalue weighted by Gasteiger charge is -2.20. The second-order valence-corrected chi connectivity index (χ2v) is 5.71. The first kappa shape index (κ1) is 16.3. The first-order chi connectivity index (χ1) is 9.21. The Bertz CT molecular complexity index is 463. The predicted molar refractivity (Wildman–Crippen MR) is 78.2 cm³/mol. The van der Waals surface area contributed by atoms with Crippen LogP contribution in [0.15, 0.2) is 18.2 Å². The van der Waals surface area contributed by atoms with Crippen LogP contribution in [0, 0.1) is 0 Å². The van der Waals surface area contributed by atoms with E-state index in [4.69, 9.17) is 9.47 Å². The van der Waals surface area contributed by atoms with Crippen LogP contribution in [0.25, 0.3) is 0 Å². The van der Waals surface area contributed by atoms with Gasteiger partial charge >= 0.3 is 6.09 Å². The normalized spacial score (nSPS) is 12.7. The fourth-order valence-corrected chi connectivity index (χ4v) is 1.73. The molecule has 1 aromatic carbocycles. The van der Waals surface area contributed by atoms with Gasteiger partial charge in [-0.05, 0) is 39.3 Å². The van der Waals surface area contributed by atoms with Gasteiger partial charge in [-0.1, -0.05) is 6.07 Å². The van der Waals surface area contributed by atoms with Gasteiger partial charge in [0, 0.05) is 18.2 Å². The van der Waals surface area contributed by atoms with Crippen molar-refractivity contribution in [2.24, 2.45) is 0 Å². The molecule has 1 atom stereocenters. The van der Waals surface area contributed by atoms with Crippen LogP contribution >= 0.6 is 0 Å². The number of carbonyl (C=O) groups excluding carboxylic acids is 1. The number of ether oxygens (including phenoxy) is 2. The van der Waals surface area contributed by atoms with E-state index >= 15 is 0 Å². The van der Waals surface area contributed by atoms with Crippen molar-refractivity contribution in [3.63, 3.8) is 0 Å². The molecule has 0 aromatic heterocycles. The van der Waals surface area contributed by atoms with Crippen molar-refractivity contribution in [1.29, 1.82) is 0 Å². The maximum atomic E-state index is 11.7. The monoisotopic (exact) mass is 281 g/mol. The van der Waals surface area contributed by atoms with Crippen molar-refractivity contribution in [2.75, 3.05) is 12.4 Å². The maximum absolute atomic E-state index is 11.7. The molecule has 1 rings (SSSR count). The van der Waals surface area contributed by atoms with Gasteiger partial charge in [0.25, 0.3) is 0 Å². The molecule has 0 radical (unpaired) electrons. The van der Waals surface area contributed by atoms with Gasteiger partial charge in [0.1, 0.15) is 11.4 Å². The molecule has 0 saturated carbocycles. The summed E-state index contributed by atoms with van der Waals surface area (Å²) in [7, 11) is 1.55. The third kappa shape index (κ3) is 5.48. The Balaban J connectivity index is 2.80. The van der Waals surface area contributed by atoms with E-state index in [1.54, 1.807) is 46.9 Å². The summed E-state index contributed by atoms with van der Waals surface area (Å²) >= 11 is 0. The second-order valence-electron chi connectivity index (χ2n) is 5.71. The molecule has 0 heterocycles. The van der Waals surface area contributed by atoms with Crippen LogP contribution in [0.3, 0.4) is 0 Å². The van der Waals surface area contributed by atoms with Gasteiger partial charge in [-0.3, -0.25) is 5.32 Å². The number of carbonyl (C=O) groups is 1. The number of aliphatic hydroxyl groups excluding tert-OH is 1. The number of rotatable bonds is 4. The van der Waals surface area contributed by atoms with E-state index < -0.39 is 17.8 Å². The fourth-order valence-electron chi connectivity index (χ4n) is 1.73. The summed E-state index contributed by atoms with van der Waals surface area (Å²) < 4.78 is 10.4. The molecular formula is C15H23NO4. The molecule has 0 fully saturated rings. The van der Waals surface area contributed by atoms with E-state index in [1.165, 1.54) is 0 Å². The quantitative estimate of drug-likeness (QED) is 0.890. The lowest BCUT2D eigenvalue weighted by molar-refractivity contribution is 0.0636. The summed E-state index contributed by atoms with van der Waals surface area (Å²) in [6.07, 6.45) is -0.466. The minimum atomic E-state index is -0.541. The molecule has 5 nitrogen and oxygen atoms in total. The van der Waals surface area contributed by atoms with E-state index in [-0.39, 0.29) is 0 Å². The molecule has 1 unspecified atom stereocenters. The Morgan fingerprint density at radius 1 is 1.40 bits per heavy atom. The Hall–Kier alpha value is -1.75. The first-order valence-electron chi connectivity index (χ1n) is 6.56. The van der Waals surface area contributed by atoms with Gasteiger partial charge in [0.15, 0.2) is 0 Å². The first-order valence-corrected chi connectivity index (χ1v) is 6.56. The second kappa shape index (κ2) is 6.61. The van der Waals surface area contributed by atoms with Crippen LogP contribution in [0.1, 0.15) is 33.3 Å². The Labute approximate surface area is 119 Å². The molecule has 112 valence electrons. The molecule has 1 amide bonds. The lowest BCUT2D eigenvalue weighted by Crippen LogP contribution is -2.27. The van der Waals surface area contributed by atoms with Gasteiger partial charge in [0.05, 0.1) is 13.2 Å². The highest BCUT2D eigenvalue weighted by molar-refractivity contribution is 5.85. The molecular weight excluding hydrogens is 258 g/mol. The van der Waals surface area contributed by atoms with Crippen LogP contribution in [0.2, 0.25) is 0 Å². The van der Waals surface area contributed by atoms with Crippen molar-refractivity contribution in [1.82, 2.24) is 0 Å². The van der Waals surface area contributed by atoms with E-state index in [9.17, 15) is 9.90 Å². The van der Waals surface area contributed by atoms with E-state index in [2.05, 4.69) is 5.32 Å². The zero-order chi connectivity index (χ0) is 15.3. The molecule has 0 saturated heterocycles. The Morgan fingerprint density at radius 2 is 2.05 bits per heavy atom. The Morgan fingerprint density at radius 3 is 2.55 bits per heavy atom. The van der Waals surface area contributed by atoms with Crippen LogP contribution in [0.5, 0.6) is 5.75 Å².